The molecule has 1 atom stereocenters. The Morgan fingerprint density at radius 2 is 1.67 bits per heavy atom. The summed E-state index contributed by atoms with van der Waals surface area (Å²) in [4.78, 5) is 2.22. The summed E-state index contributed by atoms with van der Waals surface area (Å²) in [6.07, 6.45) is 2.94. The van der Waals surface area contributed by atoms with Gasteiger partial charge in [-0.1, -0.05) is 26.8 Å². The maximum absolute atomic E-state index is 10.3. The summed E-state index contributed by atoms with van der Waals surface area (Å²) in [6, 6.07) is 3.61. The zero-order valence-electron chi connectivity index (χ0n) is 13.3. The molecule has 0 aromatic heterocycles. The number of benzene rings is 1. The molecule has 1 aliphatic rings. The monoisotopic (exact) mass is 311 g/mol. The van der Waals surface area contributed by atoms with Gasteiger partial charge in [0, 0.05) is 13.1 Å². The Labute approximate surface area is 133 Å². The molecule has 0 amide bonds. The minimum absolute atomic E-state index is 0. The highest BCUT2D eigenvalue weighted by molar-refractivity contribution is 5.85. The minimum Gasteiger partial charge on any atom is -0.507 e. The Hall–Kier alpha value is -1.19. The van der Waals surface area contributed by atoms with E-state index in [1.165, 1.54) is 0 Å². The summed E-state index contributed by atoms with van der Waals surface area (Å²) >= 11 is 0. The molecule has 118 valence electrons. The Morgan fingerprint density at radius 3 is 2.10 bits per heavy atom. The number of likely N-dealkylation sites (N-methyl/N-ethyl adjacent to an activating group) is 1. The van der Waals surface area contributed by atoms with Crippen LogP contribution in [0.3, 0.4) is 0 Å². The molecule has 0 bridgehead atoms. The highest BCUT2D eigenvalue weighted by Crippen LogP contribution is 2.40. The van der Waals surface area contributed by atoms with Gasteiger partial charge in [-0.05, 0) is 48.6 Å². The first-order chi connectivity index (χ1) is 9.40. The first-order valence-electron chi connectivity index (χ1n) is 7.34. The summed E-state index contributed by atoms with van der Waals surface area (Å²) in [7, 11) is 2.07. The Kier molecular flexibility index (Phi) is 6.11. The predicted octanol–water partition coefficient (Wildman–Crippen LogP) is 4.00. The molecule has 0 aliphatic carbocycles. The summed E-state index contributed by atoms with van der Waals surface area (Å²) in [5, 5.41) is 20.6. The number of rotatable bonds is 3. The molecule has 0 saturated carbocycles. The van der Waals surface area contributed by atoms with Gasteiger partial charge >= 0.3 is 0 Å². The molecule has 1 heterocycles. The molecule has 0 saturated heterocycles. The van der Waals surface area contributed by atoms with Crippen LogP contribution in [0.1, 0.15) is 44.2 Å². The van der Waals surface area contributed by atoms with Gasteiger partial charge in [0.15, 0.2) is 0 Å². The molecule has 3 nitrogen and oxygen atoms in total. The van der Waals surface area contributed by atoms with Gasteiger partial charge in [0.2, 0.25) is 0 Å². The molecule has 0 radical (unpaired) electrons. The van der Waals surface area contributed by atoms with Crippen molar-refractivity contribution < 1.29 is 10.2 Å². The zero-order valence-corrected chi connectivity index (χ0v) is 14.1. The van der Waals surface area contributed by atoms with Crippen molar-refractivity contribution in [3.63, 3.8) is 0 Å². The fraction of sp³-hybridized carbons (Fsp3) is 0.529. The Balaban J connectivity index is 0.00000220. The van der Waals surface area contributed by atoms with Gasteiger partial charge in [0.25, 0.3) is 0 Å². The van der Waals surface area contributed by atoms with E-state index < -0.39 is 0 Å². The van der Waals surface area contributed by atoms with Gasteiger partial charge in [-0.25, -0.2) is 0 Å². The van der Waals surface area contributed by atoms with E-state index in [0.717, 1.165) is 30.6 Å². The molecule has 1 aromatic rings. The van der Waals surface area contributed by atoms with E-state index in [0.29, 0.717) is 17.4 Å². The van der Waals surface area contributed by atoms with Crippen molar-refractivity contribution in [2.24, 2.45) is 5.92 Å². The molecule has 1 aromatic carbocycles. The third kappa shape index (κ3) is 3.92. The van der Waals surface area contributed by atoms with Crippen molar-refractivity contribution in [2.75, 3.05) is 20.1 Å². The fourth-order valence-corrected chi connectivity index (χ4v) is 2.61. The van der Waals surface area contributed by atoms with Gasteiger partial charge in [-0.2, -0.15) is 0 Å². The lowest BCUT2D eigenvalue weighted by Crippen LogP contribution is -2.23. The van der Waals surface area contributed by atoms with Crippen molar-refractivity contribution in [1.82, 2.24) is 4.90 Å². The van der Waals surface area contributed by atoms with E-state index in [2.05, 4.69) is 38.8 Å². The molecule has 2 N–H and O–H groups in total. The van der Waals surface area contributed by atoms with Crippen molar-refractivity contribution in [2.45, 2.75) is 33.1 Å². The standard InChI is InChI=1S/C17H25NO2.ClH/c1-11(2)12(3)14-9-15(19)17(16(20)10-14)13-5-7-18(4)8-6-13;/h5,9-12,19-20H,6-8H2,1-4H3;1H. The van der Waals surface area contributed by atoms with Gasteiger partial charge in [0.1, 0.15) is 11.5 Å². The van der Waals surface area contributed by atoms with E-state index in [1.54, 1.807) is 12.1 Å². The van der Waals surface area contributed by atoms with Gasteiger partial charge in [0.05, 0.1) is 5.56 Å². The van der Waals surface area contributed by atoms with Crippen molar-refractivity contribution >= 4 is 18.0 Å². The van der Waals surface area contributed by atoms with Crippen LogP contribution in [0.5, 0.6) is 11.5 Å². The second kappa shape index (κ2) is 7.19. The van der Waals surface area contributed by atoms with Crippen LogP contribution in [0.15, 0.2) is 18.2 Å². The van der Waals surface area contributed by atoms with Crippen molar-refractivity contribution in [3.05, 3.63) is 29.3 Å². The number of phenolic OH excluding ortho intramolecular Hbond substituents is 2. The third-order valence-corrected chi connectivity index (χ3v) is 4.38. The lowest BCUT2D eigenvalue weighted by atomic mass is 9.87. The fourth-order valence-electron chi connectivity index (χ4n) is 2.61. The van der Waals surface area contributed by atoms with Gasteiger partial charge < -0.3 is 15.1 Å². The topological polar surface area (TPSA) is 43.7 Å². The van der Waals surface area contributed by atoms with Crippen LogP contribution in [0.2, 0.25) is 0 Å². The molecule has 1 unspecified atom stereocenters. The lowest BCUT2D eigenvalue weighted by molar-refractivity contribution is 0.368. The van der Waals surface area contributed by atoms with Crippen LogP contribution in [0, 0.1) is 5.92 Å². The number of aromatic hydroxyl groups is 2. The van der Waals surface area contributed by atoms with Crippen LogP contribution >= 0.6 is 12.4 Å². The minimum atomic E-state index is 0. The molecular formula is C17H26ClNO2. The molecular weight excluding hydrogens is 286 g/mol. The third-order valence-electron chi connectivity index (χ3n) is 4.38. The average Bonchev–Trinajstić information content (AvgIpc) is 2.39. The zero-order chi connectivity index (χ0) is 14.9. The largest absolute Gasteiger partial charge is 0.507 e. The maximum Gasteiger partial charge on any atom is 0.127 e. The van der Waals surface area contributed by atoms with E-state index in [1.807, 2.05) is 0 Å². The molecule has 2 rings (SSSR count). The summed E-state index contributed by atoms with van der Waals surface area (Å²) < 4.78 is 0. The number of halogens is 1. The van der Waals surface area contributed by atoms with Crippen LogP contribution < -0.4 is 0 Å². The second-order valence-electron chi connectivity index (χ2n) is 6.21. The maximum atomic E-state index is 10.3. The molecule has 0 spiro atoms. The van der Waals surface area contributed by atoms with Crippen LogP contribution in [0.4, 0.5) is 0 Å². The molecule has 1 aliphatic heterocycles. The number of hydrogen-bond acceptors (Lipinski definition) is 3. The van der Waals surface area contributed by atoms with E-state index in [9.17, 15) is 10.2 Å². The summed E-state index contributed by atoms with van der Waals surface area (Å²) in [6.45, 7) is 8.22. The highest BCUT2D eigenvalue weighted by Gasteiger charge is 2.20. The quantitative estimate of drug-likeness (QED) is 0.887. The highest BCUT2D eigenvalue weighted by atomic mass is 35.5. The van der Waals surface area contributed by atoms with E-state index in [4.69, 9.17) is 0 Å². The number of hydrogen-bond donors (Lipinski definition) is 2. The summed E-state index contributed by atoms with van der Waals surface area (Å²) in [5.41, 5.74) is 2.65. The van der Waals surface area contributed by atoms with E-state index in [-0.39, 0.29) is 23.9 Å². The van der Waals surface area contributed by atoms with Gasteiger partial charge in [-0.15, -0.1) is 12.4 Å². The molecule has 21 heavy (non-hydrogen) atoms. The lowest BCUT2D eigenvalue weighted by Gasteiger charge is -2.24. The SMILES string of the molecule is CC(C)C(C)c1cc(O)c(C2=CCN(C)CC2)c(O)c1.Cl. The van der Waals surface area contributed by atoms with Gasteiger partial charge in [-0.3, -0.25) is 0 Å². The second-order valence-corrected chi connectivity index (χ2v) is 6.21. The average molecular weight is 312 g/mol. The van der Waals surface area contributed by atoms with Crippen molar-refractivity contribution in [3.8, 4) is 11.5 Å². The van der Waals surface area contributed by atoms with Crippen LogP contribution in [-0.2, 0) is 0 Å². The Morgan fingerprint density at radius 1 is 1.10 bits per heavy atom. The van der Waals surface area contributed by atoms with Crippen LogP contribution in [0.25, 0.3) is 5.57 Å². The summed E-state index contributed by atoms with van der Waals surface area (Å²) in [5.74, 6) is 1.18. The molecule has 0 fully saturated rings. The number of nitrogens with zero attached hydrogens (tertiary/aromatic N) is 1. The van der Waals surface area contributed by atoms with E-state index >= 15 is 0 Å². The first kappa shape index (κ1) is 17.9. The predicted molar refractivity (Wildman–Crippen MR) is 90.4 cm³/mol. The van der Waals surface area contributed by atoms with Crippen molar-refractivity contribution in [1.29, 1.82) is 0 Å². The Bertz CT molecular complexity index is 503. The number of phenols is 2. The normalized spacial score (nSPS) is 17.3. The smallest absolute Gasteiger partial charge is 0.127 e. The first-order valence-corrected chi connectivity index (χ1v) is 7.34. The van der Waals surface area contributed by atoms with Crippen LogP contribution in [-0.4, -0.2) is 35.3 Å². The molecule has 4 heteroatoms.